The molecular weight excluding hydrogens is 809 g/mol. The van der Waals surface area contributed by atoms with Gasteiger partial charge in [-0.05, 0) is 202 Å². The Labute approximate surface area is 398 Å². The Bertz CT molecular complexity index is 3100. The molecule has 2 nitrogen and oxygen atoms in total. The van der Waals surface area contributed by atoms with Crippen molar-refractivity contribution in [3.8, 4) is 11.1 Å². The Balaban J connectivity index is 0.920. The van der Waals surface area contributed by atoms with Crippen LogP contribution in [-0.4, -0.2) is 0 Å². The van der Waals surface area contributed by atoms with Gasteiger partial charge in [-0.25, -0.2) is 0 Å². The highest BCUT2D eigenvalue weighted by Gasteiger charge is 2.58. The van der Waals surface area contributed by atoms with E-state index in [4.69, 9.17) is 0 Å². The van der Waals surface area contributed by atoms with Gasteiger partial charge in [0.15, 0.2) is 0 Å². The minimum absolute atomic E-state index is 0.0994. The van der Waals surface area contributed by atoms with Crippen molar-refractivity contribution in [2.75, 3.05) is 9.80 Å². The van der Waals surface area contributed by atoms with Crippen molar-refractivity contribution in [1.29, 1.82) is 0 Å². The first-order chi connectivity index (χ1) is 32.7. The van der Waals surface area contributed by atoms with E-state index in [1.807, 2.05) is 6.08 Å². The van der Waals surface area contributed by atoms with Crippen molar-refractivity contribution in [3.05, 3.63) is 222 Å². The maximum atomic E-state index is 4.03. The molecule has 67 heavy (non-hydrogen) atoms. The maximum absolute atomic E-state index is 4.03. The highest BCUT2D eigenvalue weighted by Crippen LogP contribution is 2.66. The standard InChI is InChI=1S/C65H62N2/c1-5-7-12-46-19-26-53(27-20-46)66(54-29-24-52(25-30-54)65-42-47-37-48(43-65)41-64(40-47,44-65)51-22-17-45(6-2)18-23-51)55-31-33-56(34-32-55)67(57-28-21-49-13-8-9-14-50(49)38-57)58-35-36-60-59-15-10-11-16-61(59)63(3,4)62(60)39-58/h6,8-11,13-36,38-39,47-48H,2,5,7,12,37,40-44H2,1,3-4H3. The van der Waals surface area contributed by atoms with Crippen molar-refractivity contribution in [3.63, 3.8) is 0 Å². The van der Waals surface area contributed by atoms with Gasteiger partial charge in [-0.1, -0.05) is 149 Å². The van der Waals surface area contributed by atoms with E-state index >= 15 is 0 Å². The molecule has 4 bridgehead atoms. The van der Waals surface area contributed by atoms with Crippen LogP contribution in [0.5, 0.6) is 0 Å². The lowest BCUT2D eigenvalue weighted by Crippen LogP contribution is -2.55. The molecule has 5 aliphatic carbocycles. The van der Waals surface area contributed by atoms with Crippen LogP contribution in [0, 0.1) is 11.8 Å². The summed E-state index contributed by atoms with van der Waals surface area (Å²) in [4.78, 5) is 4.91. The number of unbranched alkanes of at least 4 members (excludes halogenated alkanes) is 1. The Hall–Kier alpha value is -6.64. The van der Waals surface area contributed by atoms with Crippen LogP contribution in [0.4, 0.5) is 34.1 Å². The zero-order chi connectivity index (χ0) is 45.3. The summed E-state index contributed by atoms with van der Waals surface area (Å²) in [6, 6.07) is 69.5. The number of fused-ring (bicyclic) bond motifs is 4. The summed E-state index contributed by atoms with van der Waals surface area (Å²) in [5.41, 5.74) is 18.5. The molecule has 8 aromatic carbocycles. The van der Waals surface area contributed by atoms with Gasteiger partial charge in [-0.3, -0.25) is 0 Å². The Kier molecular flexibility index (Phi) is 10.2. The molecule has 0 aliphatic heterocycles. The summed E-state index contributed by atoms with van der Waals surface area (Å²) in [5.74, 6) is 1.60. The molecule has 13 rings (SSSR count). The van der Waals surface area contributed by atoms with E-state index in [0.29, 0.717) is 0 Å². The van der Waals surface area contributed by atoms with Crippen LogP contribution in [0.25, 0.3) is 28.0 Å². The van der Waals surface area contributed by atoms with Gasteiger partial charge in [-0.15, -0.1) is 0 Å². The summed E-state index contributed by atoms with van der Waals surface area (Å²) in [7, 11) is 0. The predicted octanol–water partition coefficient (Wildman–Crippen LogP) is 17.9. The molecule has 0 spiro atoms. The van der Waals surface area contributed by atoms with Gasteiger partial charge in [0.2, 0.25) is 0 Å². The van der Waals surface area contributed by atoms with Gasteiger partial charge >= 0.3 is 0 Å². The fraction of sp³-hybridized carbons (Fsp3) is 0.262. The van der Waals surface area contributed by atoms with Crippen LogP contribution in [0.2, 0.25) is 0 Å². The van der Waals surface area contributed by atoms with Gasteiger partial charge in [0, 0.05) is 39.5 Å². The van der Waals surface area contributed by atoms with Crippen LogP contribution in [0.1, 0.15) is 106 Å². The van der Waals surface area contributed by atoms with Gasteiger partial charge < -0.3 is 9.80 Å². The third kappa shape index (κ3) is 7.14. The second kappa shape index (κ2) is 16.3. The van der Waals surface area contributed by atoms with E-state index in [9.17, 15) is 0 Å². The lowest BCUT2D eigenvalue weighted by atomic mass is 9.42. The van der Waals surface area contributed by atoms with E-state index in [1.54, 1.807) is 5.56 Å². The van der Waals surface area contributed by atoms with Gasteiger partial charge in [0.05, 0.1) is 0 Å². The molecule has 0 radical (unpaired) electrons. The summed E-state index contributed by atoms with van der Waals surface area (Å²) < 4.78 is 0. The summed E-state index contributed by atoms with van der Waals surface area (Å²) in [5, 5.41) is 2.48. The first kappa shape index (κ1) is 41.8. The lowest BCUT2D eigenvalue weighted by Gasteiger charge is -2.63. The SMILES string of the molecule is C=Cc1ccc(C23CC4CC(C2)CC(c2ccc(N(c5ccc(CCCC)cc5)c5ccc(N(c6ccc7c(c6)C(C)(C)c6ccccc6-7)c6ccc7ccccc7c6)cc5)cc2)(C4)C3)cc1. The third-order valence-electron chi connectivity index (χ3n) is 16.8. The van der Waals surface area contributed by atoms with Crippen molar-refractivity contribution in [1.82, 2.24) is 0 Å². The van der Waals surface area contributed by atoms with E-state index in [0.717, 1.165) is 41.0 Å². The zero-order valence-corrected chi connectivity index (χ0v) is 39.5. The largest absolute Gasteiger partial charge is 0.311 e. The topological polar surface area (TPSA) is 6.48 Å². The Morgan fingerprint density at radius 1 is 0.507 bits per heavy atom. The van der Waals surface area contributed by atoms with Crippen molar-refractivity contribution in [2.45, 2.75) is 94.8 Å². The number of anilines is 6. The molecular formula is C65H62N2. The van der Waals surface area contributed by atoms with E-state index in [1.165, 1.54) is 112 Å². The second-order valence-electron chi connectivity index (χ2n) is 21.3. The van der Waals surface area contributed by atoms with Crippen LogP contribution in [0.3, 0.4) is 0 Å². The highest BCUT2D eigenvalue weighted by molar-refractivity contribution is 5.91. The molecule has 0 saturated heterocycles. The molecule has 2 unspecified atom stereocenters. The van der Waals surface area contributed by atoms with Crippen LogP contribution in [0.15, 0.2) is 189 Å². The number of hydrogen-bond donors (Lipinski definition) is 0. The molecule has 2 heteroatoms. The smallest absolute Gasteiger partial charge is 0.0468 e. The van der Waals surface area contributed by atoms with Crippen LogP contribution < -0.4 is 9.80 Å². The monoisotopic (exact) mass is 870 g/mol. The molecule has 0 amide bonds. The maximum Gasteiger partial charge on any atom is 0.0468 e. The summed E-state index contributed by atoms with van der Waals surface area (Å²) >= 11 is 0. The number of aryl methyl sites for hydroxylation is 1. The predicted molar refractivity (Wildman–Crippen MR) is 284 cm³/mol. The number of nitrogens with zero attached hydrogens (tertiary/aromatic N) is 2. The lowest BCUT2D eigenvalue weighted by molar-refractivity contribution is -0.0281. The van der Waals surface area contributed by atoms with Crippen LogP contribution >= 0.6 is 0 Å². The third-order valence-corrected chi connectivity index (χ3v) is 16.8. The molecule has 4 saturated carbocycles. The Morgan fingerprint density at radius 3 is 1.63 bits per heavy atom. The molecule has 0 heterocycles. The highest BCUT2D eigenvalue weighted by atomic mass is 15.2. The number of hydrogen-bond acceptors (Lipinski definition) is 2. The minimum Gasteiger partial charge on any atom is -0.311 e. The van der Waals surface area contributed by atoms with Crippen molar-refractivity contribution < 1.29 is 0 Å². The minimum atomic E-state index is -0.0994. The zero-order valence-electron chi connectivity index (χ0n) is 39.5. The average Bonchev–Trinajstić information content (AvgIpc) is 3.59. The molecule has 0 aromatic heterocycles. The van der Waals surface area contributed by atoms with Crippen molar-refractivity contribution in [2.24, 2.45) is 11.8 Å². The average molecular weight is 871 g/mol. The molecule has 2 atom stereocenters. The van der Waals surface area contributed by atoms with Gasteiger partial charge in [0.1, 0.15) is 0 Å². The molecule has 5 aliphatic rings. The molecule has 332 valence electrons. The summed E-state index contributed by atoms with van der Waals surface area (Å²) in [6.07, 6.45) is 13.5. The quantitative estimate of drug-likeness (QED) is 0.121. The number of rotatable bonds is 12. The van der Waals surface area contributed by atoms with E-state index < -0.39 is 0 Å². The first-order valence-corrected chi connectivity index (χ1v) is 25.1. The molecule has 0 N–H and O–H groups in total. The first-order valence-electron chi connectivity index (χ1n) is 25.1. The fourth-order valence-corrected chi connectivity index (χ4v) is 13.9. The van der Waals surface area contributed by atoms with Crippen molar-refractivity contribution >= 4 is 51.0 Å². The van der Waals surface area contributed by atoms with Gasteiger partial charge in [0.25, 0.3) is 0 Å². The van der Waals surface area contributed by atoms with Crippen LogP contribution in [-0.2, 0) is 22.7 Å². The summed E-state index contributed by atoms with van der Waals surface area (Å²) in [6.45, 7) is 11.1. The fourth-order valence-electron chi connectivity index (χ4n) is 13.9. The molecule has 8 aromatic rings. The Morgan fingerprint density at radius 2 is 1.00 bits per heavy atom. The van der Waals surface area contributed by atoms with E-state index in [2.05, 4.69) is 219 Å². The second-order valence-corrected chi connectivity index (χ2v) is 21.3. The molecule has 4 fully saturated rings. The van der Waals surface area contributed by atoms with E-state index in [-0.39, 0.29) is 16.2 Å². The normalized spacial score (nSPS) is 21.8. The van der Waals surface area contributed by atoms with Gasteiger partial charge in [-0.2, -0.15) is 0 Å². The number of benzene rings is 8.